The van der Waals surface area contributed by atoms with Crippen LogP contribution in [0.25, 0.3) is 0 Å². The molecular weight excluding hydrogens is 251 g/mol. The van der Waals surface area contributed by atoms with E-state index in [-0.39, 0.29) is 32.0 Å². The molecule has 0 aliphatic heterocycles. The van der Waals surface area contributed by atoms with Crippen LogP contribution in [-0.4, -0.2) is 30.9 Å². The summed E-state index contributed by atoms with van der Waals surface area (Å²) in [7, 11) is 0. The highest BCUT2D eigenvalue weighted by atomic mass is 35.5. The standard InChI is InChI=1S/C11H12ClFO4/c12-8-1-2-10(9(13)7-8)17-6-5-16-4-3-11(14)15/h1-2,7H,3-6H2,(H,14,15). The first-order valence-corrected chi connectivity index (χ1v) is 5.35. The van der Waals surface area contributed by atoms with Gasteiger partial charge in [-0.15, -0.1) is 0 Å². The van der Waals surface area contributed by atoms with Gasteiger partial charge in [-0.3, -0.25) is 4.79 Å². The van der Waals surface area contributed by atoms with Crippen LogP contribution in [0.2, 0.25) is 5.02 Å². The van der Waals surface area contributed by atoms with Crippen molar-refractivity contribution >= 4 is 17.6 Å². The number of hydrogen-bond acceptors (Lipinski definition) is 3. The topological polar surface area (TPSA) is 55.8 Å². The molecule has 1 aromatic carbocycles. The number of benzene rings is 1. The summed E-state index contributed by atoms with van der Waals surface area (Å²) >= 11 is 5.57. The van der Waals surface area contributed by atoms with E-state index in [1.165, 1.54) is 12.1 Å². The van der Waals surface area contributed by atoms with Crippen LogP contribution in [0.1, 0.15) is 6.42 Å². The van der Waals surface area contributed by atoms with Crippen LogP contribution in [0, 0.1) is 5.82 Å². The normalized spacial score (nSPS) is 10.2. The van der Waals surface area contributed by atoms with Crippen LogP contribution in [0.4, 0.5) is 4.39 Å². The predicted octanol–water partition coefficient (Wildman–Crippen LogP) is 2.35. The molecule has 1 aromatic rings. The molecule has 0 bridgehead atoms. The van der Waals surface area contributed by atoms with E-state index in [0.717, 1.165) is 6.07 Å². The Morgan fingerprint density at radius 3 is 2.76 bits per heavy atom. The molecule has 1 N–H and O–H groups in total. The Morgan fingerprint density at radius 2 is 2.12 bits per heavy atom. The summed E-state index contributed by atoms with van der Waals surface area (Å²) in [6.45, 7) is 0.468. The highest BCUT2D eigenvalue weighted by molar-refractivity contribution is 6.30. The van der Waals surface area contributed by atoms with Gasteiger partial charge in [-0.2, -0.15) is 0 Å². The Balaban J connectivity index is 2.20. The lowest BCUT2D eigenvalue weighted by atomic mass is 10.3. The van der Waals surface area contributed by atoms with Gasteiger partial charge in [0.2, 0.25) is 0 Å². The molecule has 0 unspecified atom stereocenters. The van der Waals surface area contributed by atoms with Crippen molar-refractivity contribution in [2.75, 3.05) is 19.8 Å². The molecule has 6 heteroatoms. The smallest absolute Gasteiger partial charge is 0.305 e. The quantitative estimate of drug-likeness (QED) is 0.767. The third-order valence-corrected chi connectivity index (χ3v) is 2.07. The lowest BCUT2D eigenvalue weighted by Gasteiger charge is -2.07. The fourth-order valence-electron chi connectivity index (χ4n) is 1.06. The Morgan fingerprint density at radius 1 is 1.35 bits per heavy atom. The van der Waals surface area contributed by atoms with Gasteiger partial charge in [-0.25, -0.2) is 4.39 Å². The highest BCUT2D eigenvalue weighted by Crippen LogP contribution is 2.20. The van der Waals surface area contributed by atoms with Gasteiger partial charge in [0.1, 0.15) is 6.61 Å². The Bertz CT molecular complexity index is 384. The van der Waals surface area contributed by atoms with E-state index in [4.69, 9.17) is 26.2 Å². The van der Waals surface area contributed by atoms with E-state index < -0.39 is 11.8 Å². The maximum absolute atomic E-state index is 13.2. The van der Waals surface area contributed by atoms with Crippen LogP contribution in [0.3, 0.4) is 0 Å². The molecule has 0 heterocycles. The van der Waals surface area contributed by atoms with Crippen molar-refractivity contribution in [3.8, 4) is 5.75 Å². The molecule has 17 heavy (non-hydrogen) atoms. The van der Waals surface area contributed by atoms with E-state index in [9.17, 15) is 9.18 Å². The van der Waals surface area contributed by atoms with Crippen molar-refractivity contribution in [2.45, 2.75) is 6.42 Å². The maximum Gasteiger partial charge on any atom is 0.305 e. The fourth-order valence-corrected chi connectivity index (χ4v) is 1.22. The Hall–Kier alpha value is -1.33. The number of aliphatic carboxylic acids is 1. The van der Waals surface area contributed by atoms with Crippen molar-refractivity contribution in [2.24, 2.45) is 0 Å². The molecule has 0 aromatic heterocycles. The fraction of sp³-hybridized carbons (Fsp3) is 0.364. The van der Waals surface area contributed by atoms with Crippen molar-refractivity contribution in [3.05, 3.63) is 29.0 Å². The summed E-state index contributed by atoms with van der Waals surface area (Å²) < 4.78 is 23.3. The molecule has 1 rings (SSSR count). The third kappa shape index (κ3) is 5.51. The second-order valence-corrected chi connectivity index (χ2v) is 3.62. The maximum atomic E-state index is 13.2. The average molecular weight is 263 g/mol. The van der Waals surface area contributed by atoms with Crippen LogP contribution in [0.15, 0.2) is 18.2 Å². The summed E-state index contributed by atoms with van der Waals surface area (Å²) in [6.07, 6.45) is -0.0602. The predicted molar refractivity (Wildman–Crippen MR) is 60.0 cm³/mol. The zero-order valence-electron chi connectivity index (χ0n) is 8.99. The molecule has 0 spiro atoms. The Kier molecular flexibility index (Phi) is 5.72. The summed E-state index contributed by atoms with van der Waals surface area (Å²) in [5.41, 5.74) is 0. The summed E-state index contributed by atoms with van der Waals surface area (Å²) in [6, 6.07) is 4.10. The number of rotatable bonds is 7. The lowest BCUT2D eigenvalue weighted by Crippen LogP contribution is -2.10. The van der Waals surface area contributed by atoms with Gasteiger partial charge in [0.05, 0.1) is 19.6 Å². The highest BCUT2D eigenvalue weighted by Gasteiger charge is 2.03. The molecule has 94 valence electrons. The van der Waals surface area contributed by atoms with Crippen molar-refractivity contribution in [1.82, 2.24) is 0 Å². The lowest BCUT2D eigenvalue weighted by molar-refractivity contribution is -0.138. The molecule has 0 saturated carbocycles. The summed E-state index contributed by atoms with van der Waals surface area (Å²) in [4.78, 5) is 10.2. The first kappa shape index (κ1) is 13.7. The second kappa shape index (κ2) is 7.09. The number of carboxylic acid groups (broad SMARTS) is 1. The van der Waals surface area contributed by atoms with Crippen LogP contribution >= 0.6 is 11.6 Å². The molecule has 0 aliphatic rings. The van der Waals surface area contributed by atoms with E-state index in [0.29, 0.717) is 5.02 Å². The molecule has 0 aliphatic carbocycles. The molecule has 0 saturated heterocycles. The largest absolute Gasteiger partial charge is 0.488 e. The van der Waals surface area contributed by atoms with E-state index >= 15 is 0 Å². The number of carbonyl (C=O) groups is 1. The van der Waals surface area contributed by atoms with Crippen molar-refractivity contribution < 1.29 is 23.8 Å². The zero-order chi connectivity index (χ0) is 12.7. The zero-order valence-corrected chi connectivity index (χ0v) is 9.74. The van der Waals surface area contributed by atoms with Gasteiger partial charge in [0.15, 0.2) is 11.6 Å². The second-order valence-electron chi connectivity index (χ2n) is 3.18. The van der Waals surface area contributed by atoms with Gasteiger partial charge in [-0.1, -0.05) is 11.6 Å². The minimum Gasteiger partial charge on any atom is -0.488 e. The number of halogens is 2. The number of carboxylic acids is 1. The molecule has 4 nitrogen and oxygen atoms in total. The van der Waals surface area contributed by atoms with E-state index in [2.05, 4.69) is 0 Å². The third-order valence-electron chi connectivity index (χ3n) is 1.84. The van der Waals surface area contributed by atoms with Gasteiger partial charge in [0.25, 0.3) is 0 Å². The Labute approximate surface area is 103 Å². The average Bonchev–Trinajstić information content (AvgIpc) is 2.25. The minimum absolute atomic E-state index is 0.0602. The monoisotopic (exact) mass is 262 g/mol. The summed E-state index contributed by atoms with van der Waals surface area (Å²) in [5, 5.41) is 8.64. The summed E-state index contributed by atoms with van der Waals surface area (Å²) in [5.74, 6) is -1.37. The molecular formula is C11H12ClFO4. The van der Waals surface area contributed by atoms with Gasteiger partial charge in [0, 0.05) is 5.02 Å². The van der Waals surface area contributed by atoms with Crippen molar-refractivity contribution in [3.63, 3.8) is 0 Å². The van der Waals surface area contributed by atoms with Crippen LogP contribution < -0.4 is 4.74 Å². The minimum atomic E-state index is -0.922. The van der Waals surface area contributed by atoms with Gasteiger partial charge >= 0.3 is 5.97 Å². The van der Waals surface area contributed by atoms with Gasteiger partial charge < -0.3 is 14.6 Å². The van der Waals surface area contributed by atoms with Crippen molar-refractivity contribution in [1.29, 1.82) is 0 Å². The molecule has 0 atom stereocenters. The molecule has 0 fully saturated rings. The molecule has 0 amide bonds. The first-order chi connectivity index (χ1) is 8.09. The number of hydrogen-bond donors (Lipinski definition) is 1. The van der Waals surface area contributed by atoms with E-state index in [1.807, 2.05) is 0 Å². The van der Waals surface area contributed by atoms with E-state index in [1.54, 1.807) is 0 Å². The first-order valence-electron chi connectivity index (χ1n) is 4.97. The number of ether oxygens (including phenoxy) is 2. The SMILES string of the molecule is O=C(O)CCOCCOc1ccc(Cl)cc1F. The van der Waals surface area contributed by atoms with Gasteiger partial charge in [-0.05, 0) is 18.2 Å². The van der Waals surface area contributed by atoms with Crippen LogP contribution in [-0.2, 0) is 9.53 Å². The molecule has 0 radical (unpaired) electrons. The van der Waals surface area contributed by atoms with Crippen LogP contribution in [0.5, 0.6) is 5.75 Å².